The smallest absolute Gasteiger partial charge is 0.348 e. The molecule has 1 aromatic rings. The van der Waals surface area contributed by atoms with E-state index in [0.29, 0.717) is 0 Å². The number of nitriles is 1. The largest absolute Gasteiger partial charge is 0.478 e. The standard InChI is InChI=1S/C12H9NO4/c1-17-12(16)9(7-13)6-8-4-2-3-5-10(8)11(14)15/h2-6H,1H3,(H,14,15). The molecular formula is C12H9NO4. The van der Waals surface area contributed by atoms with Crippen LogP contribution in [0.15, 0.2) is 29.8 Å². The van der Waals surface area contributed by atoms with Gasteiger partial charge in [0.2, 0.25) is 0 Å². The molecule has 0 aliphatic heterocycles. The Hall–Kier alpha value is -2.61. The summed E-state index contributed by atoms with van der Waals surface area (Å²) in [4.78, 5) is 22.1. The van der Waals surface area contributed by atoms with E-state index in [1.165, 1.54) is 18.2 Å². The van der Waals surface area contributed by atoms with E-state index in [1.807, 2.05) is 0 Å². The van der Waals surface area contributed by atoms with Gasteiger partial charge in [0.15, 0.2) is 0 Å². The van der Waals surface area contributed by atoms with E-state index in [2.05, 4.69) is 4.74 Å². The van der Waals surface area contributed by atoms with Gasteiger partial charge in [0.25, 0.3) is 0 Å². The average molecular weight is 231 g/mol. The number of hydrogen-bond acceptors (Lipinski definition) is 4. The Balaban J connectivity index is 3.26. The Labute approximate surface area is 97.6 Å². The van der Waals surface area contributed by atoms with E-state index in [0.717, 1.165) is 7.11 Å². The van der Waals surface area contributed by atoms with Crippen LogP contribution in [0.2, 0.25) is 0 Å². The van der Waals surface area contributed by atoms with Crippen molar-refractivity contribution < 1.29 is 19.4 Å². The van der Waals surface area contributed by atoms with Gasteiger partial charge in [-0.2, -0.15) is 5.26 Å². The molecule has 0 spiro atoms. The van der Waals surface area contributed by atoms with Crippen molar-refractivity contribution >= 4 is 18.0 Å². The molecule has 1 rings (SSSR count). The molecule has 0 fully saturated rings. The van der Waals surface area contributed by atoms with Gasteiger partial charge in [-0.05, 0) is 17.7 Å². The van der Waals surface area contributed by atoms with Gasteiger partial charge < -0.3 is 9.84 Å². The number of esters is 1. The Kier molecular flexibility index (Phi) is 4.01. The topological polar surface area (TPSA) is 87.4 Å². The normalized spacial score (nSPS) is 10.5. The molecule has 5 nitrogen and oxygen atoms in total. The quantitative estimate of drug-likeness (QED) is 0.483. The maximum absolute atomic E-state index is 11.2. The van der Waals surface area contributed by atoms with Crippen LogP contribution in [0.4, 0.5) is 0 Å². The van der Waals surface area contributed by atoms with Crippen molar-refractivity contribution in [3.63, 3.8) is 0 Å². The highest BCUT2D eigenvalue weighted by atomic mass is 16.5. The Bertz CT molecular complexity index is 526. The molecule has 0 saturated heterocycles. The second-order valence-corrected chi connectivity index (χ2v) is 3.05. The molecule has 0 bridgehead atoms. The highest BCUT2D eigenvalue weighted by molar-refractivity contribution is 6.00. The fraction of sp³-hybridized carbons (Fsp3) is 0.0833. The lowest BCUT2D eigenvalue weighted by molar-refractivity contribution is -0.135. The lowest BCUT2D eigenvalue weighted by atomic mass is 10.1. The van der Waals surface area contributed by atoms with Crippen LogP contribution in [-0.4, -0.2) is 24.2 Å². The van der Waals surface area contributed by atoms with Crippen molar-refractivity contribution in [2.45, 2.75) is 0 Å². The Morgan fingerprint density at radius 1 is 1.41 bits per heavy atom. The zero-order chi connectivity index (χ0) is 12.8. The fourth-order valence-corrected chi connectivity index (χ4v) is 1.22. The number of hydrogen-bond donors (Lipinski definition) is 1. The summed E-state index contributed by atoms with van der Waals surface area (Å²) in [6.07, 6.45) is 1.19. The van der Waals surface area contributed by atoms with Crippen molar-refractivity contribution in [1.82, 2.24) is 0 Å². The number of methoxy groups -OCH3 is 1. The number of nitrogens with zero attached hydrogens (tertiary/aromatic N) is 1. The van der Waals surface area contributed by atoms with Gasteiger partial charge in [0.1, 0.15) is 11.6 Å². The zero-order valence-corrected chi connectivity index (χ0v) is 9.01. The lowest BCUT2D eigenvalue weighted by Crippen LogP contribution is -2.04. The van der Waals surface area contributed by atoms with Gasteiger partial charge in [-0.25, -0.2) is 9.59 Å². The molecular weight excluding hydrogens is 222 g/mol. The first-order valence-electron chi connectivity index (χ1n) is 4.62. The zero-order valence-electron chi connectivity index (χ0n) is 9.01. The maximum Gasteiger partial charge on any atom is 0.348 e. The summed E-state index contributed by atoms with van der Waals surface area (Å²) in [6.45, 7) is 0. The van der Waals surface area contributed by atoms with E-state index < -0.39 is 11.9 Å². The number of carbonyl (C=O) groups excluding carboxylic acids is 1. The molecule has 1 aromatic carbocycles. The molecule has 0 unspecified atom stereocenters. The maximum atomic E-state index is 11.2. The minimum absolute atomic E-state index is 0.0177. The summed E-state index contributed by atoms with van der Waals surface area (Å²) in [5.41, 5.74) is 0.0484. The number of ether oxygens (including phenoxy) is 1. The molecule has 0 radical (unpaired) electrons. The van der Waals surface area contributed by atoms with Gasteiger partial charge in [0.05, 0.1) is 12.7 Å². The van der Waals surface area contributed by atoms with Crippen LogP contribution in [0, 0.1) is 11.3 Å². The lowest BCUT2D eigenvalue weighted by Gasteiger charge is -2.01. The van der Waals surface area contributed by atoms with Crippen LogP contribution < -0.4 is 0 Å². The first-order chi connectivity index (χ1) is 8.10. The van der Waals surface area contributed by atoms with Crippen LogP contribution in [0.1, 0.15) is 15.9 Å². The molecule has 0 aliphatic rings. The van der Waals surface area contributed by atoms with E-state index in [4.69, 9.17) is 10.4 Å². The second-order valence-electron chi connectivity index (χ2n) is 3.05. The number of carbonyl (C=O) groups is 2. The summed E-state index contributed by atoms with van der Waals surface area (Å²) in [7, 11) is 1.15. The van der Waals surface area contributed by atoms with E-state index in [1.54, 1.807) is 18.2 Å². The van der Waals surface area contributed by atoms with Crippen LogP contribution in [-0.2, 0) is 9.53 Å². The van der Waals surface area contributed by atoms with Crippen LogP contribution in [0.25, 0.3) is 6.08 Å². The van der Waals surface area contributed by atoms with Crippen molar-refractivity contribution in [3.8, 4) is 6.07 Å². The number of benzene rings is 1. The van der Waals surface area contributed by atoms with Gasteiger partial charge in [0, 0.05) is 0 Å². The number of carboxylic acids is 1. The molecule has 0 amide bonds. The van der Waals surface area contributed by atoms with Crippen LogP contribution in [0.5, 0.6) is 0 Å². The number of rotatable bonds is 3. The number of carboxylic acid groups (broad SMARTS) is 1. The Morgan fingerprint density at radius 3 is 2.59 bits per heavy atom. The van der Waals surface area contributed by atoms with Gasteiger partial charge in [-0.15, -0.1) is 0 Å². The minimum atomic E-state index is -1.13. The van der Waals surface area contributed by atoms with E-state index in [9.17, 15) is 9.59 Å². The predicted molar refractivity (Wildman–Crippen MR) is 59.0 cm³/mol. The van der Waals surface area contributed by atoms with Crippen LogP contribution in [0.3, 0.4) is 0 Å². The third-order valence-electron chi connectivity index (χ3n) is 2.02. The SMILES string of the molecule is COC(=O)C(C#N)=Cc1ccccc1C(=O)O. The van der Waals surface area contributed by atoms with Crippen molar-refractivity contribution in [3.05, 3.63) is 41.0 Å². The summed E-state index contributed by atoms with van der Waals surface area (Å²) in [5, 5.41) is 17.7. The Morgan fingerprint density at radius 2 is 2.06 bits per heavy atom. The minimum Gasteiger partial charge on any atom is -0.478 e. The molecule has 5 heteroatoms. The first-order valence-corrected chi connectivity index (χ1v) is 4.62. The van der Waals surface area contributed by atoms with E-state index >= 15 is 0 Å². The van der Waals surface area contributed by atoms with Gasteiger partial charge in [-0.3, -0.25) is 0 Å². The molecule has 0 saturated carbocycles. The molecule has 0 heterocycles. The van der Waals surface area contributed by atoms with Crippen molar-refractivity contribution in [1.29, 1.82) is 5.26 Å². The monoisotopic (exact) mass is 231 g/mol. The molecule has 1 N–H and O–H groups in total. The average Bonchev–Trinajstić information content (AvgIpc) is 2.35. The second kappa shape index (κ2) is 5.47. The summed E-state index contributed by atoms with van der Waals surface area (Å²) in [5.74, 6) is -1.92. The molecule has 0 aromatic heterocycles. The van der Waals surface area contributed by atoms with Gasteiger partial charge in [-0.1, -0.05) is 18.2 Å². The summed E-state index contributed by atoms with van der Waals surface area (Å²) >= 11 is 0. The third kappa shape index (κ3) is 2.92. The predicted octanol–water partition coefficient (Wildman–Crippen LogP) is 1.46. The number of aromatic carboxylic acids is 1. The highest BCUT2D eigenvalue weighted by Crippen LogP contribution is 2.13. The third-order valence-corrected chi connectivity index (χ3v) is 2.02. The molecule has 86 valence electrons. The van der Waals surface area contributed by atoms with E-state index in [-0.39, 0.29) is 16.7 Å². The molecule has 0 atom stereocenters. The fourth-order valence-electron chi connectivity index (χ4n) is 1.22. The first kappa shape index (κ1) is 12.5. The molecule has 0 aliphatic carbocycles. The summed E-state index contributed by atoms with van der Waals surface area (Å²) < 4.78 is 4.40. The van der Waals surface area contributed by atoms with Crippen LogP contribution >= 0.6 is 0 Å². The molecule has 17 heavy (non-hydrogen) atoms. The summed E-state index contributed by atoms with van der Waals surface area (Å²) in [6, 6.07) is 7.73. The van der Waals surface area contributed by atoms with Crippen molar-refractivity contribution in [2.75, 3.05) is 7.11 Å². The van der Waals surface area contributed by atoms with Gasteiger partial charge >= 0.3 is 11.9 Å². The highest BCUT2D eigenvalue weighted by Gasteiger charge is 2.12. The van der Waals surface area contributed by atoms with Crippen molar-refractivity contribution in [2.24, 2.45) is 0 Å².